The molecule has 0 atom stereocenters. The molecular formula is C24H19BrF3N3O5. The second kappa shape index (κ2) is 11.7. The van der Waals surface area contributed by atoms with Crippen molar-refractivity contribution < 1.29 is 32.4 Å². The summed E-state index contributed by atoms with van der Waals surface area (Å²) in [5, 5.41) is 14.6. The normalized spacial score (nSPS) is 11.4. The van der Waals surface area contributed by atoms with Gasteiger partial charge in [-0.15, -0.1) is 0 Å². The van der Waals surface area contributed by atoms with E-state index in [1.165, 1.54) is 24.4 Å². The molecule has 0 unspecified atom stereocenters. The molecule has 0 saturated carbocycles. The van der Waals surface area contributed by atoms with Crippen LogP contribution in [0.2, 0.25) is 0 Å². The summed E-state index contributed by atoms with van der Waals surface area (Å²) >= 11 is 3.39. The zero-order valence-electron chi connectivity index (χ0n) is 18.7. The van der Waals surface area contributed by atoms with Crippen molar-refractivity contribution >= 4 is 33.7 Å². The molecule has 0 fully saturated rings. The second-order valence-electron chi connectivity index (χ2n) is 7.24. The minimum atomic E-state index is -4.57. The lowest BCUT2D eigenvalue weighted by Crippen LogP contribution is -2.18. The SMILES string of the molecule is CCOc1cc(/C=N\NC(=O)c2cccc(C(F)(F)F)c2)c(Br)cc1OCc1ccc([N+](=O)[O-])cc1. The van der Waals surface area contributed by atoms with E-state index in [2.05, 4.69) is 26.5 Å². The van der Waals surface area contributed by atoms with E-state index < -0.39 is 22.6 Å². The molecule has 0 radical (unpaired) electrons. The Balaban J connectivity index is 1.71. The molecule has 188 valence electrons. The highest BCUT2D eigenvalue weighted by atomic mass is 79.9. The van der Waals surface area contributed by atoms with Gasteiger partial charge in [0.25, 0.3) is 11.6 Å². The molecule has 3 aromatic carbocycles. The molecule has 0 heterocycles. The number of benzene rings is 3. The van der Waals surface area contributed by atoms with E-state index in [-0.39, 0.29) is 17.9 Å². The van der Waals surface area contributed by atoms with Gasteiger partial charge in [-0.25, -0.2) is 5.43 Å². The van der Waals surface area contributed by atoms with Gasteiger partial charge in [0.15, 0.2) is 11.5 Å². The predicted molar refractivity (Wildman–Crippen MR) is 129 cm³/mol. The van der Waals surface area contributed by atoms with Gasteiger partial charge in [0.1, 0.15) is 6.61 Å². The van der Waals surface area contributed by atoms with Crippen molar-refractivity contribution in [3.05, 3.63) is 97.5 Å². The fraction of sp³-hybridized carbons (Fsp3) is 0.167. The number of hydrogen-bond donors (Lipinski definition) is 1. The number of halogens is 4. The number of nitrogens with zero attached hydrogens (tertiary/aromatic N) is 2. The van der Waals surface area contributed by atoms with E-state index in [0.717, 1.165) is 18.2 Å². The van der Waals surface area contributed by atoms with Crippen LogP contribution in [0, 0.1) is 10.1 Å². The number of alkyl halides is 3. The predicted octanol–water partition coefficient (Wildman–Crippen LogP) is 6.12. The number of ether oxygens (including phenoxy) is 2. The van der Waals surface area contributed by atoms with Crippen molar-refractivity contribution in [3.8, 4) is 11.5 Å². The van der Waals surface area contributed by atoms with Gasteiger partial charge in [-0.05, 0) is 70.9 Å². The summed E-state index contributed by atoms with van der Waals surface area (Å²) in [5.41, 5.74) is 2.26. The monoisotopic (exact) mass is 565 g/mol. The zero-order chi connectivity index (χ0) is 26.3. The summed E-state index contributed by atoms with van der Waals surface area (Å²) in [7, 11) is 0. The highest BCUT2D eigenvalue weighted by molar-refractivity contribution is 9.10. The number of amides is 1. The maximum absolute atomic E-state index is 12.9. The number of nitro benzene ring substituents is 1. The lowest BCUT2D eigenvalue weighted by Gasteiger charge is -2.14. The number of hydrazone groups is 1. The van der Waals surface area contributed by atoms with Crippen LogP contribution < -0.4 is 14.9 Å². The smallest absolute Gasteiger partial charge is 0.416 e. The fourth-order valence-electron chi connectivity index (χ4n) is 2.97. The Morgan fingerprint density at radius 3 is 2.44 bits per heavy atom. The quantitative estimate of drug-likeness (QED) is 0.191. The van der Waals surface area contributed by atoms with Crippen molar-refractivity contribution in [2.24, 2.45) is 5.10 Å². The highest BCUT2D eigenvalue weighted by Crippen LogP contribution is 2.34. The first kappa shape index (κ1) is 26.7. The first-order chi connectivity index (χ1) is 17.1. The minimum Gasteiger partial charge on any atom is -0.490 e. The van der Waals surface area contributed by atoms with E-state index >= 15 is 0 Å². The number of carbonyl (C=O) groups excluding carboxylic acids is 1. The molecule has 3 aromatic rings. The number of carbonyl (C=O) groups is 1. The Bertz CT molecular complexity index is 1280. The van der Waals surface area contributed by atoms with Crippen LogP contribution in [-0.4, -0.2) is 23.7 Å². The molecule has 0 aliphatic heterocycles. The molecule has 0 saturated heterocycles. The minimum absolute atomic E-state index is 0.0275. The summed E-state index contributed by atoms with van der Waals surface area (Å²) in [6, 6.07) is 13.2. The van der Waals surface area contributed by atoms with Gasteiger partial charge in [0.05, 0.1) is 23.3 Å². The van der Waals surface area contributed by atoms with Crippen molar-refractivity contribution in [2.45, 2.75) is 19.7 Å². The zero-order valence-corrected chi connectivity index (χ0v) is 20.3. The van der Waals surface area contributed by atoms with Crippen LogP contribution in [0.15, 0.2) is 70.2 Å². The molecule has 0 aromatic heterocycles. The van der Waals surface area contributed by atoms with E-state index in [4.69, 9.17) is 9.47 Å². The van der Waals surface area contributed by atoms with Crippen molar-refractivity contribution in [1.29, 1.82) is 0 Å². The van der Waals surface area contributed by atoms with Crippen LogP contribution in [0.25, 0.3) is 0 Å². The Morgan fingerprint density at radius 1 is 1.11 bits per heavy atom. The molecule has 3 rings (SSSR count). The van der Waals surface area contributed by atoms with Gasteiger partial charge in [-0.1, -0.05) is 6.07 Å². The van der Waals surface area contributed by atoms with Gasteiger partial charge in [-0.3, -0.25) is 14.9 Å². The van der Waals surface area contributed by atoms with E-state index in [1.54, 1.807) is 31.2 Å². The molecular weight excluding hydrogens is 547 g/mol. The maximum atomic E-state index is 12.9. The van der Waals surface area contributed by atoms with Crippen LogP contribution >= 0.6 is 15.9 Å². The summed E-state index contributed by atoms with van der Waals surface area (Å²) in [4.78, 5) is 22.5. The number of nitrogens with one attached hydrogen (secondary N) is 1. The average molecular weight is 566 g/mol. The molecule has 0 spiro atoms. The van der Waals surface area contributed by atoms with Crippen LogP contribution in [0.5, 0.6) is 11.5 Å². The maximum Gasteiger partial charge on any atom is 0.416 e. The number of hydrogen-bond acceptors (Lipinski definition) is 6. The van der Waals surface area contributed by atoms with E-state index in [9.17, 15) is 28.1 Å². The van der Waals surface area contributed by atoms with Crippen LogP contribution in [0.1, 0.15) is 34.0 Å². The van der Waals surface area contributed by atoms with Crippen LogP contribution in [0.3, 0.4) is 0 Å². The molecule has 0 bridgehead atoms. The van der Waals surface area contributed by atoms with Gasteiger partial charge < -0.3 is 9.47 Å². The third-order valence-electron chi connectivity index (χ3n) is 4.73. The van der Waals surface area contributed by atoms with Gasteiger partial charge in [0, 0.05) is 27.7 Å². The van der Waals surface area contributed by atoms with Crippen molar-refractivity contribution in [2.75, 3.05) is 6.61 Å². The van der Waals surface area contributed by atoms with Gasteiger partial charge >= 0.3 is 6.18 Å². The molecule has 8 nitrogen and oxygen atoms in total. The summed E-state index contributed by atoms with van der Waals surface area (Å²) in [6.07, 6.45) is -3.26. The Labute approximate surface area is 212 Å². The average Bonchev–Trinajstić information content (AvgIpc) is 2.84. The third kappa shape index (κ3) is 7.04. The molecule has 36 heavy (non-hydrogen) atoms. The van der Waals surface area contributed by atoms with Crippen LogP contribution in [-0.2, 0) is 12.8 Å². The standard InChI is InChI=1S/C24H19BrF3N3O5/c1-2-35-21-11-17(13-29-30-23(32)16-4-3-5-18(10-16)24(26,27)28)20(25)12-22(21)36-14-15-6-8-19(9-7-15)31(33)34/h3-13H,2,14H2,1H3,(H,30,32)/b29-13-. The molecule has 1 amide bonds. The summed E-state index contributed by atoms with van der Waals surface area (Å²) in [5.74, 6) is -0.0259. The second-order valence-corrected chi connectivity index (χ2v) is 8.10. The van der Waals surface area contributed by atoms with Crippen molar-refractivity contribution in [1.82, 2.24) is 5.43 Å². The Morgan fingerprint density at radius 2 is 1.81 bits per heavy atom. The summed E-state index contributed by atoms with van der Waals surface area (Å²) in [6.45, 7) is 2.24. The Kier molecular flexibility index (Phi) is 8.64. The fourth-order valence-corrected chi connectivity index (χ4v) is 3.39. The van der Waals surface area contributed by atoms with E-state index in [1.807, 2.05) is 0 Å². The summed E-state index contributed by atoms with van der Waals surface area (Å²) < 4.78 is 50.6. The molecule has 0 aliphatic rings. The van der Waals surface area contributed by atoms with Gasteiger partial charge in [0.2, 0.25) is 0 Å². The topological polar surface area (TPSA) is 103 Å². The van der Waals surface area contributed by atoms with Crippen LogP contribution in [0.4, 0.5) is 18.9 Å². The highest BCUT2D eigenvalue weighted by Gasteiger charge is 2.30. The van der Waals surface area contributed by atoms with Crippen molar-refractivity contribution in [3.63, 3.8) is 0 Å². The first-order valence-electron chi connectivity index (χ1n) is 10.4. The van der Waals surface area contributed by atoms with E-state index in [0.29, 0.717) is 33.7 Å². The number of non-ortho nitro benzene ring substituents is 1. The lowest BCUT2D eigenvalue weighted by atomic mass is 10.1. The lowest BCUT2D eigenvalue weighted by molar-refractivity contribution is -0.384. The van der Waals surface area contributed by atoms with Gasteiger partial charge in [-0.2, -0.15) is 18.3 Å². The first-order valence-corrected chi connectivity index (χ1v) is 11.2. The third-order valence-corrected chi connectivity index (χ3v) is 5.41. The largest absolute Gasteiger partial charge is 0.490 e. The number of nitro groups is 1. The molecule has 12 heteroatoms. The molecule has 1 N–H and O–H groups in total. The Hall–Kier alpha value is -3.93. The molecule has 0 aliphatic carbocycles. The number of rotatable bonds is 9.